The lowest BCUT2D eigenvalue weighted by Gasteiger charge is -2.23. The van der Waals surface area contributed by atoms with Crippen molar-refractivity contribution in [1.29, 1.82) is 0 Å². The van der Waals surface area contributed by atoms with Crippen LogP contribution in [0, 0.1) is 12.7 Å². The monoisotopic (exact) mass is 286 g/mol. The van der Waals surface area contributed by atoms with Crippen LogP contribution < -0.4 is 4.74 Å². The molecule has 0 unspecified atom stereocenters. The van der Waals surface area contributed by atoms with Crippen molar-refractivity contribution in [3.05, 3.63) is 58.9 Å². The van der Waals surface area contributed by atoms with Crippen LogP contribution in [0.15, 0.2) is 36.4 Å². The first-order valence-corrected chi connectivity index (χ1v) is 6.85. The van der Waals surface area contributed by atoms with E-state index >= 15 is 0 Å². The van der Waals surface area contributed by atoms with E-state index in [4.69, 9.17) is 4.74 Å². The van der Waals surface area contributed by atoms with Gasteiger partial charge in [-0.25, -0.2) is 4.39 Å². The van der Waals surface area contributed by atoms with E-state index in [9.17, 15) is 9.18 Å². The van der Waals surface area contributed by atoms with Gasteiger partial charge in [0.15, 0.2) is 11.6 Å². The molecule has 2 nitrogen and oxygen atoms in total. The summed E-state index contributed by atoms with van der Waals surface area (Å²) in [6, 6.07) is 10.0. The van der Waals surface area contributed by atoms with E-state index in [0.717, 1.165) is 11.1 Å². The van der Waals surface area contributed by atoms with Crippen LogP contribution >= 0.6 is 0 Å². The van der Waals surface area contributed by atoms with Crippen LogP contribution in [0.1, 0.15) is 42.3 Å². The van der Waals surface area contributed by atoms with E-state index in [0.29, 0.717) is 17.6 Å². The van der Waals surface area contributed by atoms with Crippen molar-refractivity contribution in [2.45, 2.75) is 33.1 Å². The Hall–Kier alpha value is -2.16. The molecule has 2 rings (SSSR count). The fourth-order valence-electron chi connectivity index (χ4n) is 2.11. The van der Waals surface area contributed by atoms with Crippen LogP contribution in [0.3, 0.4) is 0 Å². The lowest BCUT2D eigenvalue weighted by atomic mass is 9.85. The molecule has 0 heterocycles. The average molecular weight is 286 g/mol. The van der Waals surface area contributed by atoms with Crippen molar-refractivity contribution >= 4 is 6.29 Å². The third kappa shape index (κ3) is 3.48. The Bertz CT molecular complexity index is 669. The third-order valence-electron chi connectivity index (χ3n) is 3.26. The maximum Gasteiger partial charge on any atom is 0.166 e. The van der Waals surface area contributed by atoms with Crippen molar-refractivity contribution in [3.63, 3.8) is 0 Å². The van der Waals surface area contributed by atoms with Gasteiger partial charge in [0.2, 0.25) is 0 Å². The molecule has 0 aliphatic heterocycles. The number of hydrogen-bond acceptors (Lipinski definition) is 2. The summed E-state index contributed by atoms with van der Waals surface area (Å²) in [6.07, 6.45) is 0.610. The molecular weight excluding hydrogens is 267 g/mol. The molecule has 110 valence electrons. The highest BCUT2D eigenvalue weighted by Crippen LogP contribution is 2.35. The minimum Gasteiger partial charge on any atom is -0.454 e. The summed E-state index contributed by atoms with van der Waals surface area (Å²) >= 11 is 0. The van der Waals surface area contributed by atoms with Gasteiger partial charge in [0.1, 0.15) is 12.0 Å². The van der Waals surface area contributed by atoms with E-state index in [1.54, 1.807) is 0 Å². The predicted molar refractivity (Wildman–Crippen MR) is 81.7 cm³/mol. The molecule has 2 aromatic carbocycles. The van der Waals surface area contributed by atoms with Gasteiger partial charge in [-0.1, -0.05) is 38.5 Å². The first kappa shape index (κ1) is 15.2. The number of aryl methyl sites for hydroxylation is 1. The number of benzene rings is 2. The van der Waals surface area contributed by atoms with Gasteiger partial charge in [-0.05, 0) is 36.6 Å². The molecule has 0 aliphatic carbocycles. The molecule has 3 heteroatoms. The van der Waals surface area contributed by atoms with Gasteiger partial charge in [-0.3, -0.25) is 4.79 Å². The quantitative estimate of drug-likeness (QED) is 0.739. The van der Waals surface area contributed by atoms with Gasteiger partial charge in [-0.15, -0.1) is 0 Å². The summed E-state index contributed by atoms with van der Waals surface area (Å²) in [5, 5.41) is 0. The summed E-state index contributed by atoms with van der Waals surface area (Å²) in [4.78, 5) is 10.6. The van der Waals surface area contributed by atoms with Gasteiger partial charge in [-0.2, -0.15) is 0 Å². The van der Waals surface area contributed by atoms with Crippen molar-refractivity contribution < 1.29 is 13.9 Å². The molecule has 0 amide bonds. The minimum absolute atomic E-state index is 0.111. The van der Waals surface area contributed by atoms with Crippen LogP contribution in [-0.2, 0) is 5.41 Å². The fraction of sp³-hybridized carbons (Fsp3) is 0.278. The summed E-state index contributed by atoms with van der Waals surface area (Å²) in [5.41, 5.74) is 2.32. The minimum atomic E-state index is -0.542. The Morgan fingerprint density at radius 3 is 2.29 bits per heavy atom. The van der Waals surface area contributed by atoms with Gasteiger partial charge in [0.05, 0.1) is 0 Å². The molecule has 0 atom stereocenters. The molecular formula is C18H19FO2. The zero-order chi connectivity index (χ0) is 15.6. The van der Waals surface area contributed by atoms with Crippen molar-refractivity contribution in [2.24, 2.45) is 0 Å². The van der Waals surface area contributed by atoms with E-state index in [2.05, 4.69) is 20.8 Å². The molecule has 0 aliphatic rings. The number of rotatable bonds is 3. The standard InChI is InChI=1S/C18H19FO2/c1-12-5-7-16(14(9-12)18(2,3)4)21-17-8-6-13(11-20)10-15(17)19/h5-11H,1-4H3. The predicted octanol–water partition coefficient (Wildman–Crippen LogP) is 5.04. The summed E-state index contributed by atoms with van der Waals surface area (Å²) in [5.74, 6) is 0.209. The zero-order valence-corrected chi connectivity index (χ0v) is 12.7. The number of halogens is 1. The molecule has 0 N–H and O–H groups in total. The first-order valence-electron chi connectivity index (χ1n) is 6.85. The summed E-state index contributed by atoms with van der Waals surface area (Å²) in [7, 11) is 0. The Morgan fingerprint density at radius 1 is 1.05 bits per heavy atom. The number of ether oxygens (including phenoxy) is 1. The largest absolute Gasteiger partial charge is 0.454 e. The molecule has 0 saturated carbocycles. The Morgan fingerprint density at radius 2 is 1.71 bits per heavy atom. The number of aldehydes is 1. The van der Waals surface area contributed by atoms with E-state index in [1.807, 2.05) is 25.1 Å². The molecule has 2 aromatic rings. The molecule has 21 heavy (non-hydrogen) atoms. The van der Waals surface area contributed by atoms with Crippen molar-refractivity contribution in [3.8, 4) is 11.5 Å². The topological polar surface area (TPSA) is 26.3 Å². The maximum atomic E-state index is 13.9. The lowest BCUT2D eigenvalue weighted by Crippen LogP contribution is -2.13. The van der Waals surface area contributed by atoms with Gasteiger partial charge in [0, 0.05) is 11.1 Å². The molecule has 0 fully saturated rings. The second kappa shape index (κ2) is 5.68. The van der Waals surface area contributed by atoms with E-state index in [1.165, 1.54) is 18.2 Å². The Labute approximate surface area is 124 Å². The highest BCUT2D eigenvalue weighted by Gasteiger charge is 2.20. The second-order valence-corrected chi connectivity index (χ2v) is 6.16. The van der Waals surface area contributed by atoms with E-state index in [-0.39, 0.29) is 11.2 Å². The first-order chi connectivity index (χ1) is 9.81. The van der Waals surface area contributed by atoms with E-state index < -0.39 is 5.82 Å². The van der Waals surface area contributed by atoms with Crippen molar-refractivity contribution in [1.82, 2.24) is 0 Å². The van der Waals surface area contributed by atoms with Gasteiger partial charge in [0.25, 0.3) is 0 Å². The highest BCUT2D eigenvalue weighted by molar-refractivity contribution is 5.75. The molecule has 0 bridgehead atoms. The van der Waals surface area contributed by atoms with Crippen LogP contribution in [0.4, 0.5) is 4.39 Å². The van der Waals surface area contributed by atoms with Crippen LogP contribution in [0.5, 0.6) is 11.5 Å². The smallest absolute Gasteiger partial charge is 0.166 e. The Kier molecular flexibility index (Phi) is 4.12. The fourth-order valence-corrected chi connectivity index (χ4v) is 2.11. The molecule has 0 spiro atoms. The van der Waals surface area contributed by atoms with Crippen LogP contribution in [0.25, 0.3) is 0 Å². The zero-order valence-electron chi connectivity index (χ0n) is 12.7. The summed E-state index contributed by atoms with van der Waals surface area (Å²) < 4.78 is 19.7. The molecule has 0 saturated heterocycles. The molecule has 0 radical (unpaired) electrons. The second-order valence-electron chi connectivity index (χ2n) is 6.16. The van der Waals surface area contributed by atoms with Crippen molar-refractivity contribution in [2.75, 3.05) is 0 Å². The highest BCUT2D eigenvalue weighted by atomic mass is 19.1. The molecule has 0 aromatic heterocycles. The SMILES string of the molecule is Cc1ccc(Oc2ccc(C=O)cc2F)c(C(C)(C)C)c1. The van der Waals surface area contributed by atoms with Crippen LogP contribution in [0.2, 0.25) is 0 Å². The number of carbonyl (C=O) groups is 1. The number of hydrogen-bond donors (Lipinski definition) is 0. The summed E-state index contributed by atoms with van der Waals surface area (Å²) in [6.45, 7) is 8.26. The van der Waals surface area contributed by atoms with Crippen LogP contribution in [-0.4, -0.2) is 6.29 Å². The van der Waals surface area contributed by atoms with Gasteiger partial charge < -0.3 is 4.74 Å². The van der Waals surface area contributed by atoms with Gasteiger partial charge >= 0.3 is 0 Å². The Balaban J connectivity index is 2.42. The number of carbonyl (C=O) groups excluding carboxylic acids is 1. The maximum absolute atomic E-state index is 13.9. The average Bonchev–Trinajstić information content (AvgIpc) is 2.41. The lowest BCUT2D eigenvalue weighted by molar-refractivity contribution is 0.112. The third-order valence-corrected chi connectivity index (χ3v) is 3.26. The normalized spacial score (nSPS) is 11.3.